The standard InChI is InChI=1S/C12H18FNO3/c1-8(2)6-9(3)10(15)14-5-4-12(13,7-14)11(16)17/h9H,1,4-7H2,2-3H3,(H,16,17). The summed E-state index contributed by atoms with van der Waals surface area (Å²) in [4.78, 5) is 23.9. The van der Waals surface area contributed by atoms with E-state index in [0.29, 0.717) is 6.42 Å². The second kappa shape index (κ2) is 4.85. The van der Waals surface area contributed by atoms with Crippen molar-refractivity contribution in [2.24, 2.45) is 5.92 Å². The molecule has 2 atom stereocenters. The minimum Gasteiger partial charge on any atom is -0.479 e. The topological polar surface area (TPSA) is 57.6 Å². The minimum atomic E-state index is -2.28. The van der Waals surface area contributed by atoms with Crippen LogP contribution in [0, 0.1) is 5.92 Å². The van der Waals surface area contributed by atoms with Crippen LogP contribution >= 0.6 is 0 Å². The Labute approximate surface area is 100 Å². The van der Waals surface area contributed by atoms with Crippen LogP contribution in [0.5, 0.6) is 0 Å². The molecule has 5 heteroatoms. The monoisotopic (exact) mass is 243 g/mol. The minimum absolute atomic E-state index is 0.131. The molecule has 1 N–H and O–H groups in total. The largest absolute Gasteiger partial charge is 0.479 e. The number of carbonyl (C=O) groups excluding carboxylic acids is 1. The maximum Gasteiger partial charge on any atom is 0.343 e. The highest BCUT2D eigenvalue weighted by Gasteiger charge is 2.47. The maximum absolute atomic E-state index is 13.8. The van der Waals surface area contributed by atoms with E-state index in [1.807, 2.05) is 6.92 Å². The zero-order chi connectivity index (χ0) is 13.2. The molecule has 1 saturated heterocycles. The highest BCUT2D eigenvalue weighted by Crippen LogP contribution is 2.27. The van der Waals surface area contributed by atoms with Gasteiger partial charge in [-0.3, -0.25) is 4.79 Å². The second-order valence-electron chi connectivity index (χ2n) is 4.84. The third kappa shape index (κ3) is 3.05. The molecule has 0 aliphatic carbocycles. The average Bonchev–Trinajstić information content (AvgIpc) is 2.60. The summed E-state index contributed by atoms with van der Waals surface area (Å²) in [6, 6.07) is 0. The van der Waals surface area contributed by atoms with Gasteiger partial charge in [0.15, 0.2) is 0 Å². The number of likely N-dealkylation sites (tertiary alicyclic amines) is 1. The first kappa shape index (κ1) is 13.7. The van der Waals surface area contributed by atoms with Gasteiger partial charge in [-0.2, -0.15) is 0 Å². The molecule has 1 aliphatic heterocycles. The van der Waals surface area contributed by atoms with Gasteiger partial charge in [0, 0.05) is 18.9 Å². The van der Waals surface area contributed by atoms with E-state index < -0.39 is 11.6 Å². The van der Waals surface area contributed by atoms with Gasteiger partial charge >= 0.3 is 5.97 Å². The van der Waals surface area contributed by atoms with Crippen LogP contribution in [-0.4, -0.2) is 40.6 Å². The fourth-order valence-electron chi connectivity index (χ4n) is 2.06. The molecule has 1 fully saturated rings. The number of carbonyl (C=O) groups is 2. The van der Waals surface area contributed by atoms with E-state index in [9.17, 15) is 14.0 Å². The first-order valence-corrected chi connectivity index (χ1v) is 5.62. The Balaban J connectivity index is 2.62. The van der Waals surface area contributed by atoms with E-state index in [1.165, 1.54) is 4.90 Å². The SMILES string of the molecule is C=C(C)CC(C)C(=O)N1CCC(F)(C(=O)O)C1. The van der Waals surface area contributed by atoms with Gasteiger partial charge in [-0.1, -0.05) is 12.5 Å². The Morgan fingerprint density at radius 2 is 2.18 bits per heavy atom. The van der Waals surface area contributed by atoms with Gasteiger partial charge in [-0.15, -0.1) is 6.58 Å². The van der Waals surface area contributed by atoms with Gasteiger partial charge in [0.25, 0.3) is 0 Å². The number of amides is 1. The molecule has 0 aromatic carbocycles. The summed E-state index contributed by atoms with van der Waals surface area (Å²) in [6.45, 7) is 7.12. The number of rotatable bonds is 4. The van der Waals surface area contributed by atoms with E-state index in [4.69, 9.17) is 5.11 Å². The smallest absolute Gasteiger partial charge is 0.343 e. The lowest BCUT2D eigenvalue weighted by atomic mass is 10.0. The summed E-state index contributed by atoms with van der Waals surface area (Å²) in [6.07, 6.45) is 0.412. The Morgan fingerprint density at radius 1 is 1.59 bits per heavy atom. The molecule has 2 unspecified atom stereocenters. The summed E-state index contributed by atoms with van der Waals surface area (Å²) in [5, 5.41) is 8.73. The Kier molecular flexibility index (Phi) is 3.91. The van der Waals surface area contributed by atoms with E-state index in [-0.39, 0.29) is 31.3 Å². The first-order valence-electron chi connectivity index (χ1n) is 5.62. The van der Waals surface area contributed by atoms with Crippen molar-refractivity contribution in [1.82, 2.24) is 4.90 Å². The normalized spacial score (nSPS) is 25.7. The quantitative estimate of drug-likeness (QED) is 0.763. The maximum atomic E-state index is 13.8. The summed E-state index contributed by atoms with van der Waals surface area (Å²) in [7, 11) is 0. The average molecular weight is 243 g/mol. The van der Waals surface area contributed by atoms with Crippen molar-refractivity contribution in [3.8, 4) is 0 Å². The number of carboxylic acid groups (broad SMARTS) is 1. The van der Waals surface area contributed by atoms with Crippen LogP contribution in [0.15, 0.2) is 12.2 Å². The lowest BCUT2D eigenvalue weighted by Crippen LogP contribution is -2.40. The number of carboxylic acids is 1. The van der Waals surface area contributed by atoms with Gasteiger partial charge in [0.2, 0.25) is 11.6 Å². The van der Waals surface area contributed by atoms with E-state index in [1.54, 1.807) is 6.92 Å². The molecule has 96 valence electrons. The van der Waals surface area contributed by atoms with Gasteiger partial charge < -0.3 is 10.0 Å². The van der Waals surface area contributed by atoms with Crippen LogP contribution in [0.2, 0.25) is 0 Å². The molecule has 0 saturated carbocycles. The van der Waals surface area contributed by atoms with Crippen molar-refractivity contribution in [3.63, 3.8) is 0 Å². The first-order chi connectivity index (χ1) is 7.76. The van der Waals surface area contributed by atoms with Crippen molar-refractivity contribution < 1.29 is 19.1 Å². The lowest BCUT2D eigenvalue weighted by Gasteiger charge is -2.21. The highest BCUT2D eigenvalue weighted by atomic mass is 19.1. The predicted octanol–water partition coefficient (Wildman–Crippen LogP) is 1.61. The van der Waals surface area contributed by atoms with E-state index in [2.05, 4.69) is 6.58 Å². The number of hydrogen-bond acceptors (Lipinski definition) is 2. The Bertz CT molecular complexity index is 356. The molecule has 0 spiro atoms. The van der Waals surface area contributed by atoms with Gasteiger partial charge in [-0.05, 0) is 13.3 Å². The van der Waals surface area contributed by atoms with Crippen LogP contribution in [0.25, 0.3) is 0 Å². The molecular weight excluding hydrogens is 225 g/mol. The van der Waals surface area contributed by atoms with Gasteiger partial charge in [0.1, 0.15) is 0 Å². The lowest BCUT2D eigenvalue weighted by molar-refractivity contribution is -0.150. The molecule has 1 rings (SSSR count). The predicted molar refractivity (Wildman–Crippen MR) is 61.3 cm³/mol. The molecule has 1 amide bonds. The second-order valence-corrected chi connectivity index (χ2v) is 4.84. The van der Waals surface area contributed by atoms with Crippen LogP contribution in [0.3, 0.4) is 0 Å². The number of hydrogen-bond donors (Lipinski definition) is 1. The molecule has 0 aromatic rings. The number of alkyl halides is 1. The van der Waals surface area contributed by atoms with Crippen molar-refractivity contribution in [2.45, 2.75) is 32.4 Å². The highest BCUT2D eigenvalue weighted by molar-refractivity contribution is 5.83. The Morgan fingerprint density at radius 3 is 2.59 bits per heavy atom. The van der Waals surface area contributed by atoms with E-state index in [0.717, 1.165) is 5.57 Å². The molecular formula is C12H18FNO3. The molecule has 1 heterocycles. The number of aliphatic carboxylic acids is 1. The fourth-order valence-corrected chi connectivity index (χ4v) is 2.06. The van der Waals surface area contributed by atoms with Gasteiger partial charge in [-0.25, -0.2) is 9.18 Å². The summed E-state index contributed by atoms with van der Waals surface area (Å²) >= 11 is 0. The molecule has 0 radical (unpaired) electrons. The summed E-state index contributed by atoms with van der Waals surface area (Å²) < 4.78 is 13.8. The third-order valence-electron chi connectivity index (χ3n) is 2.99. The third-order valence-corrected chi connectivity index (χ3v) is 2.99. The van der Waals surface area contributed by atoms with E-state index >= 15 is 0 Å². The number of nitrogens with zero attached hydrogens (tertiary/aromatic N) is 1. The van der Waals surface area contributed by atoms with Crippen LogP contribution < -0.4 is 0 Å². The van der Waals surface area contributed by atoms with Crippen molar-refractivity contribution in [1.29, 1.82) is 0 Å². The molecule has 17 heavy (non-hydrogen) atoms. The number of halogens is 1. The van der Waals surface area contributed by atoms with Crippen molar-refractivity contribution >= 4 is 11.9 Å². The van der Waals surface area contributed by atoms with Crippen LogP contribution in [-0.2, 0) is 9.59 Å². The molecule has 0 bridgehead atoms. The van der Waals surface area contributed by atoms with Gasteiger partial charge in [0.05, 0.1) is 6.54 Å². The van der Waals surface area contributed by atoms with Crippen molar-refractivity contribution in [2.75, 3.05) is 13.1 Å². The number of allylic oxidation sites excluding steroid dienone is 1. The summed E-state index contributed by atoms with van der Waals surface area (Å²) in [5.74, 6) is -1.96. The molecule has 1 aliphatic rings. The van der Waals surface area contributed by atoms with Crippen LogP contribution in [0.4, 0.5) is 4.39 Å². The zero-order valence-corrected chi connectivity index (χ0v) is 10.2. The molecule has 0 aromatic heterocycles. The summed E-state index contributed by atoms with van der Waals surface area (Å²) in [5.41, 5.74) is -1.40. The Hall–Kier alpha value is -1.39. The fraction of sp³-hybridized carbons (Fsp3) is 0.667. The van der Waals surface area contributed by atoms with Crippen molar-refractivity contribution in [3.05, 3.63) is 12.2 Å². The molecule has 4 nitrogen and oxygen atoms in total. The zero-order valence-electron chi connectivity index (χ0n) is 10.2. The van der Waals surface area contributed by atoms with Crippen LogP contribution in [0.1, 0.15) is 26.7 Å².